The maximum atomic E-state index is 13.7. The van der Waals surface area contributed by atoms with E-state index in [9.17, 15) is 9.59 Å². The summed E-state index contributed by atoms with van der Waals surface area (Å²) in [6, 6.07) is 13.8. The highest BCUT2D eigenvalue weighted by Gasteiger charge is 2.35. The molecule has 2 aliphatic rings. The van der Waals surface area contributed by atoms with Crippen molar-refractivity contribution < 1.29 is 9.53 Å². The van der Waals surface area contributed by atoms with Gasteiger partial charge in [0.25, 0.3) is 5.91 Å². The zero-order valence-corrected chi connectivity index (χ0v) is 19.9. The van der Waals surface area contributed by atoms with E-state index in [0.29, 0.717) is 31.1 Å². The summed E-state index contributed by atoms with van der Waals surface area (Å²) in [6.07, 6.45) is 2.08. The highest BCUT2D eigenvalue weighted by molar-refractivity contribution is 7.09. The molecule has 0 unspecified atom stereocenters. The Morgan fingerprint density at radius 1 is 1.09 bits per heavy atom. The van der Waals surface area contributed by atoms with Crippen LogP contribution < -0.4 is 15.1 Å². The number of ether oxygens (including phenoxy) is 1. The van der Waals surface area contributed by atoms with Gasteiger partial charge in [-0.3, -0.25) is 9.59 Å². The maximum absolute atomic E-state index is 13.7. The SMILES string of the molecule is COc1cccc(N2CCN(C(=O)c3c(C4CC4)n(Cc4cccs4)c(C)cc3=O)CC2)c1. The normalized spacial score (nSPS) is 16.2. The van der Waals surface area contributed by atoms with Crippen LogP contribution in [-0.4, -0.2) is 48.7 Å². The summed E-state index contributed by atoms with van der Waals surface area (Å²) in [6.45, 7) is 5.33. The average molecular weight is 464 g/mol. The molecule has 0 radical (unpaired) electrons. The van der Waals surface area contributed by atoms with Crippen LogP contribution in [0.3, 0.4) is 0 Å². The first kappa shape index (κ1) is 21.8. The van der Waals surface area contributed by atoms with Crippen molar-refractivity contribution in [2.45, 2.75) is 32.2 Å². The summed E-state index contributed by atoms with van der Waals surface area (Å²) in [5, 5.41) is 2.07. The zero-order valence-electron chi connectivity index (χ0n) is 19.1. The van der Waals surface area contributed by atoms with Crippen molar-refractivity contribution >= 4 is 22.9 Å². The third kappa shape index (κ3) is 4.42. The molecule has 5 rings (SSSR count). The van der Waals surface area contributed by atoms with Gasteiger partial charge in [-0.25, -0.2) is 0 Å². The smallest absolute Gasteiger partial charge is 0.259 e. The number of benzene rings is 1. The first-order chi connectivity index (χ1) is 16.0. The second-order valence-electron chi connectivity index (χ2n) is 8.83. The molecule has 0 atom stereocenters. The number of hydrogen-bond acceptors (Lipinski definition) is 5. The van der Waals surface area contributed by atoms with Gasteiger partial charge in [0.05, 0.1) is 13.7 Å². The van der Waals surface area contributed by atoms with E-state index in [1.165, 1.54) is 4.88 Å². The summed E-state index contributed by atoms with van der Waals surface area (Å²) >= 11 is 1.71. The van der Waals surface area contributed by atoms with Gasteiger partial charge >= 0.3 is 0 Å². The number of methoxy groups -OCH3 is 1. The molecule has 1 aliphatic heterocycles. The molecule has 2 fully saturated rings. The van der Waals surface area contributed by atoms with Crippen molar-refractivity contribution in [3.8, 4) is 5.75 Å². The molecule has 3 heterocycles. The number of thiophene rings is 1. The predicted molar refractivity (Wildman–Crippen MR) is 132 cm³/mol. The Morgan fingerprint density at radius 3 is 2.55 bits per heavy atom. The third-order valence-electron chi connectivity index (χ3n) is 6.62. The standard InChI is InChI=1S/C26H29N3O3S/c1-18-15-23(30)24(25(19-8-9-19)29(18)17-22-7-4-14-33-22)26(31)28-12-10-27(11-13-28)20-5-3-6-21(16-20)32-2/h3-7,14-16,19H,8-13,17H2,1-2H3. The highest BCUT2D eigenvalue weighted by atomic mass is 32.1. The summed E-state index contributed by atoms with van der Waals surface area (Å²) < 4.78 is 7.55. The number of nitrogens with zero attached hydrogens (tertiary/aromatic N) is 3. The molecule has 6 nitrogen and oxygen atoms in total. The zero-order chi connectivity index (χ0) is 22.9. The van der Waals surface area contributed by atoms with Crippen molar-refractivity contribution in [3.63, 3.8) is 0 Å². The Morgan fingerprint density at radius 2 is 1.88 bits per heavy atom. The number of hydrogen-bond donors (Lipinski definition) is 0. The lowest BCUT2D eigenvalue weighted by Gasteiger charge is -2.36. The minimum atomic E-state index is -0.142. The Hall–Kier alpha value is -3.06. The minimum absolute atomic E-state index is 0.118. The molecule has 1 amide bonds. The van der Waals surface area contributed by atoms with Crippen LogP contribution in [0.1, 0.15) is 45.4 Å². The van der Waals surface area contributed by atoms with Gasteiger partial charge in [0.2, 0.25) is 0 Å². The van der Waals surface area contributed by atoms with Crippen LogP contribution in [-0.2, 0) is 6.54 Å². The van der Waals surface area contributed by atoms with Gasteiger partial charge in [-0.2, -0.15) is 0 Å². The van der Waals surface area contributed by atoms with Crippen LogP contribution in [0, 0.1) is 6.92 Å². The fourth-order valence-electron chi connectivity index (χ4n) is 4.69. The topological polar surface area (TPSA) is 54.8 Å². The molecule has 33 heavy (non-hydrogen) atoms. The van der Waals surface area contributed by atoms with E-state index in [1.54, 1.807) is 24.5 Å². The monoisotopic (exact) mass is 463 g/mol. The fraction of sp³-hybridized carbons (Fsp3) is 0.385. The number of pyridine rings is 1. The number of aromatic nitrogens is 1. The van der Waals surface area contributed by atoms with Gasteiger partial charge in [0.1, 0.15) is 11.3 Å². The number of carbonyl (C=O) groups is 1. The quantitative estimate of drug-likeness (QED) is 0.552. The van der Waals surface area contributed by atoms with Crippen molar-refractivity contribution in [2.75, 3.05) is 38.2 Å². The van der Waals surface area contributed by atoms with Crippen LogP contribution in [0.4, 0.5) is 5.69 Å². The lowest BCUT2D eigenvalue weighted by Crippen LogP contribution is -2.50. The molecule has 0 spiro atoms. The summed E-state index contributed by atoms with van der Waals surface area (Å²) in [5.74, 6) is 1.01. The minimum Gasteiger partial charge on any atom is -0.497 e. The van der Waals surface area contributed by atoms with Crippen LogP contribution in [0.5, 0.6) is 5.75 Å². The number of amides is 1. The number of piperazine rings is 1. The van der Waals surface area contributed by atoms with Gasteiger partial charge in [0, 0.05) is 66.2 Å². The van der Waals surface area contributed by atoms with Crippen LogP contribution >= 0.6 is 11.3 Å². The molecule has 7 heteroatoms. The van der Waals surface area contributed by atoms with Crippen molar-refractivity contribution in [1.29, 1.82) is 0 Å². The first-order valence-electron chi connectivity index (χ1n) is 11.5. The van der Waals surface area contributed by atoms with Gasteiger partial charge in [0.15, 0.2) is 5.43 Å². The van der Waals surface area contributed by atoms with Gasteiger partial charge in [-0.15, -0.1) is 11.3 Å². The van der Waals surface area contributed by atoms with Crippen molar-refractivity contribution in [2.24, 2.45) is 0 Å². The van der Waals surface area contributed by atoms with Crippen LogP contribution in [0.25, 0.3) is 0 Å². The number of anilines is 1. The summed E-state index contributed by atoms with van der Waals surface area (Å²) in [7, 11) is 1.67. The van der Waals surface area contributed by atoms with E-state index >= 15 is 0 Å². The van der Waals surface area contributed by atoms with Crippen molar-refractivity contribution in [3.05, 3.63) is 79.9 Å². The number of rotatable bonds is 6. The lowest BCUT2D eigenvalue weighted by molar-refractivity contribution is 0.0743. The Balaban J connectivity index is 1.40. The number of carbonyl (C=O) groups excluding carboxylic acids is 1. The van der Waals surface area contributed by atoms with Crippen LogP contribution in [0.2, 0.25) is 0 Å². The van der Waals surface area contributed by atoms with E-state index in [-0.39, 0.29) is 11.3 Å². The van der Waals surface area contributed by atoms with Crippen molar-refractivity contribution in [1.82, 2.24) is 9.47 Å². The second-order valence-corrected chi connectivity index (χ2v) is 9.86. The third-order valence-corrected chi connectivity index (χ3v) is 7.48. The van der Waals surface area contributed by atoms with E-state index in [0.717, 1.165) is 48.8 Å². The highest BCUT2D eigenvalue weighted by Crippen LogP contribution is 2.42. The van der Waals surface area contributed by atoms with E-state index in [4.69, 9.17) is 4.74 Å². The van der Waals surface area contributed by atoms with E-state index in [2.05, 4.69) is 27.0 Å². The fourth-order valence-corrected chi connectivity index (χ4v) is 5.38. The van der Waals surface area contributed by atoms with Gasteiger partial charge in [-0.1, -0.05) is 12.1 Å². The molecule has 2 aromatic heterocycles. The molecule has 172 valence electrons. The molecule has 0 bridgehead atoms. The summed E-state index contributed by atoms with van der Waals surface area (Å²) in [5.41, 5.74) is 3.20. The van der Waals surface area contributed by atoms with Gasteiger partial charge in [-0.05, 0) is 43.3 Å². The maximum Gasteiger partial charge on any atom is 0.259 e. The average Bonchev–Trinajstić information content (AvgIpc) is 3.55. The first-order valence-corrected chi connectivity index (χ1v) is 12.4. The Bertz CT molecular complexity index is 1210. The molecule has 1 aromatic carbocycles. The Kier molecular flexibility index (Phi) is 5.98. The molecule has 1 saturated carbocycles. The molecular weight excluding hydrogens is 434 g/mol. The predicted octanol–water partition coefficient (Wildman–Crippen LogP) is 4.11. The number of aryl methyl sites for hydroxylation is 1. The Labute approximate surface area is 198 Å². The van der Waals surface area contributed by atoms with Crippen LogP contribution in [0.15, 0.2) is 52.6 Å². The molecular formula is C26H29N3O3S. The lowest BCUT2D eigenvalue weighted by atomic mass is 10.0. The second kappa shape index (κ2) is 9.06. The van der Waals surface area contributed by atoms with Gasteiger partial charge < -0.3 is 19.1 Å². The largest absolute Gasteiger partial charge is 0.497 e. The molecule has 0 N–H and O–H groups in total. The molecule has 1 aliphatic carbocycles. The molecule has 3 aromatic rings. The molecule has 1 saturated heterocycles. The summed E-state index contributed by atoms with van der Waals surface area (Å²) in [4.78, 5) is 32.1. The van der Waals surface area contributed by atoms with E-state index < -0.39 is 0 Å². The van der Waals surface area contributed by atoms with E-state index in [1.807, 2.05) is 36.1 Å².